The highest BCUT2D eigenvalue weighted by atomic mass is 16.5. The number of carbonyl (C=O) groups excluding carboxylic acids is 1. The number of carbonyl (C=O) groups is 1. The van der Waals surface area contributed by atoms with Gasteiger partial charge in [0.15, 0.2) is 0 Å². The lowest BCUT2D eigenvalue weighted by Crippen LogP contribution is -2.50. The van der Waals surface area contributed by atoms with Gasteiger partial charge in [-0.15, -0.1) is 0 Å². The van der Waals surface area contributed by atoms with Gasteiger partial charge in [-0.1, -0.05) is 11.8 Å². The third-order valence-electron chi connectivity index (χ3n) is 3.60. The van der Waals surface area contributed by atoms with Gasteiger partial charge in [0.2, 0.25) is 0 Å². The van der Waals surface area contributed by atoms with Crippen LogP contribution in [0.1, 0.15) is 36.2 Å². The Kier molecular flexibility index (Phi) is 4.38. The van der Waals surface area contributed by atoms with Gasteiger partial charge in [0.1, 0.15) is 6.61 Å². The zero-order chi connectivity index (χ0) is 14.6. The van der Waals surface area contributed by atoms with E-state index in [1.807, 2.05) is 13.8 Å². The smallest absolute Gasteiger partial charge is 0.253 e. The summed E-state index contributed by atoms with van der Waals surface area (Å²) >= 11 is 0. The first-order valence-electron chi connectivity index (χ1n) is 6.54. The van der Waals surface area contributed by atoms with Gasteiger partial charge in [0.25, 0.3) is 5.91 Å². The molecule has 5 heteroatoms. The van der Waals surface area contributed by atoms with Crippen molar-refractivity contribution in [1.82, 2.24) is 10.3 Å². The molecule has 0 saturated carbocycles. The van der Waals surface area contributed by atoms with Crippen LogP contribution in [0.2, 0.25) is 0 Å². The van der Waals surface area contributed by atoms with E-state index in [0.29, 0.717) is 17.7 Å². The molecule has 1 aliphatic rings. The molecule has 0 radical (unpaired) electrons. The van der Waals surface area contributed by atoms with Gasteiger partial charge in [0, 0.05) is 24.6 Å². The number of ether oxygens (including phenoxy) is 1. The number of aromatic nitrogens is 1. The molecule has 1 fully saturated rings. The van der Waals surface area contributed by atoms with Crippen LogP contribution < -0.4 is 5.32 Å². The first-order chi connectivity index (χ1) is 9.55. The van der Waals surface area contributed by atoms with Crippen molar-refractivity contribution in [2.75, 3.05) is 13.2 Å². The summed E-state index contributed by atoms with van der Waals surface area (Å²) in [6.45, 7) is 4.36. The molecule has 2 rings (SSSR count). The van der Waals surface area contributed by atoms with E-state index in [1.165, 1.54) is 6.20 Å². The predicted octanol–water partition coefficient (Wildman–Crippen LogP) is 0.723. The minimum absolute atomic E-state index is 0.0169. The van der Waals surface area contributed by atoms with Gasteiger partial charge >= 0.3 is 0 Å². The third-order valence-corrected chi connectivity index (χ3v) is 3.60. The summed E-state index contributed by atoms with van der Waals surface area (Å²) in [6, 6.07) is 1.66. The normalized spacial score (nSPS) is 24.9. The second kappa shape index (κ2) is 6.04. The molecule has 106 valence electrons. The molecular formula is C15H18N2O3. The van der Waals surface area contributed by atoms with Crippen molar-refractivity contribution >= 4 is 5.91 Å². The van der Waals surface area contributed by atoms with Crippen molar-refractivity contribution in [2.24, 2.45) is 0 Å². The van der Waals surface area contributed by atoms with Crippen LogP contribution in [-0.2, 0) is 4.74 Å². The van der Waals surface area contributed by atoms with E-state index in [2.05, 4.69) is 22.1 Å². The fourth-order valence-corrected chi connectivity index (χ4v) is 2.10. The molecule has 1 aliphatic heterocycles. The molecule has 1 saturated heterocycles. The van der Waals surface area contributed by atoms with Gasteiger partial charge in [0.05, 0.1) is 17.2 Å². The molecule has 1 aromatic heterocycles. The number of nitrogens with one attached hydrogen (secondary N) is 1. The maximum atomic E-state index is 12.3. The molecule has 0 spiro atoms. The average molecular weight is 274 g/mol. The second-order valence-electron chi connectivity index (χ2n) is 5.06. The largest absolute Gasteiger partial charge is 0.384 e. The first-order valence-corrected chi connectivity index (χ1v) is 6.54. The zero-order valence-electron chi connectivity index (χ0n) is 11.6. The Morgan fingerprint density at radius 3 is 3.10 bits per heavy atom. The minimum atomic E-state index is -0.357. The van der Waals surface area contributed by atoms with Crippen LogP contribution in [0.15, 0.2) is 18.5 Å². The molecule has 0 aromatic carbocycles. The number of hydrogen-bond acceptors (Lipinski definition) is 4. The monoisotopic (exact) mass is 274 g/mol. The van der Waals surface area contributed by atoms with Crippen LogP contribution in [0.4, 0.5) is 0 Å². The van der Waals surface area contributed by atoms with Gasteiger partial charge in [-0.2, -0.15) is 0 Å². The fourth-order valence-electron chi connectivity index (χ4n) is 2.10. The maximum Gasteiger partial charge on any atom is 0.253 e. The van der Waals surface area contributed by atoms with Crippen LogP contribution in [0.3, 0.4) is 0 Å². The van der Waals surface area contributed by atoms with Gasteiger partial charge in [-0.25, -0.2) is 0 Å². The topological polar surface area (TPSA) is 71.5 Å². The molecular weight excluding hydrogens is 256 g/mol. The molecule has 2 atom stereocenters. The Morgan fingerprint density at radius 2 is 2.45 bits per heavy atom. The van der Waals surface area contributed by atoms with Crippen molar-refractivity contribution in [3.8, 4) is 11.8 Å². The van der Waals surface area contributed by atoms with Crippen LogP contribution >= 0.6 is 0 Å². The Morgan fingerprint density at radius 1 is 1.65 bits per heavy atom. The van der Waals surface area contributed by atoms with Crippen molar-refractivity contribution in [3.05, 3.63) is 29.6 Å². The summed E-state index contributed by atoms with van der Waals surface area (Å²) < 4.78 is 5.50. The third kappa shape index (κ3) is 3.16. The molecule has 2 N–H and O–H groups in total. The highest BCUT2D eigenvalue weighted by molar-refractivity contribution is 5.94. The van der Waals surface area contributed by atoms with Gasteiger partial charge in [-0.3, -0.25) is 9.78 Å². The summed E-state index contributed by atoms with van der Waals surface area (Å²) in [5.41, 5.74) is 0.701. The number of aliphatic hydroxyl groups excluding tert-OH is 1. The summed E-state index contributed by atoms with van der Waals surface area (Å²) in [7, 11) is 0. The summed E-state index contributed by atoms with van der Waals surface area (Å²) in [5, 5.41) is 11.7. The average Bonchev–Trinajstić information content (AvgIpc) is 2.76. The number of hydrogen-bond donors (Lipinski definition) is 2. The maximum absolute atomic E-state index is 12.3. The predicted molar refractivity (Wildman–Crippen MR) is 74.1 cm³/mol. The molecule has 1 amide bonds. The van der Waals surface area contributed by atoms with E-state index >= 15 is 0 Å². The van der Waals surface area contributed by atoms with Crippen LogP contribution in [-0.4, -0.2) is 40.9 Å². The molecule has 5 nitrogen and oxygen atoms in total. The number of rotatable bonds is 2. The fraction of sp³-hybridized carbons (Fsp3) is 0.467. The standard InChI is InChI=1S/C15H18N2O3/c1-11-15(2,5-7-20-11)17-14(19)13-8-12(4-3-6-18)9-16-10-13/h8-11,18H,5-7H2,1-2H3,(H,17,19). The quantitative estimate of drug-likeness (QED) is 0.780. The SMILES string of the molecule is CC1OCCC1(C)NC(=O)c1cncc(C#CCO)c1. The molecule has 0 bridgehead atoms. The highest BCUT2D eigenvalue weighted by Crippen LogP contribution is 2.25. The summed E-state index contributed by atoms with van der Waals surface area (Å²) in [4.78, 5) is 16.3. The van der Waals surface area contributed by atoms with E-state index in [0.717, 1.165) is 6.42 Å². The molecule has 20 heavy (non-hydrogen) atoms. The van der Waals surface area contributed by atoms with Crippen LogP contribution in [0.5, 0.6) is 0 Å². The lowest BCUT2D eigenvalue weighted by atomic mass is 9.94. The minimum Gasteiger partial charge on any atom is -0.384 e. The van der Waals surface area contributed by atoms with E-state index in [-0.39, 0.29) is 24.2 Å². The van der Waals surface area contributed by atoms with E-state index in [1.54, 1.807) is 12.3 Å². The Balaban J connectivity index is 2.13. The van der Waals surface area contributed by atoms with E-state index < -0.39 is 0 Å². The van der Waals surface area contributed by atoms with Gasteiger partial charge < -0.3 is 15.2 Å². The number of nitrogens with zero attached hydrogens (tertiary/aromatic N) is 1. The molecule has 2 heterocycles. The van der Waals surface area contributed by atoms with Crippen molar-refractivity contribution in [3.63, 3.8) is 0 Å². The van der Waals surface area contributed by atoms with Gasteiger partial charge in [-0.05, 0) is 26.3 Å². The zero-order valence-corrected chi connectivity index (χ0v) is 11.6. The van der Waals surface area contributed by atoms with E-state index in [9.17, 15) is 4.79 Å². The van der Waals surface area contributed by atoms with Crippen molar-refractivity contribution in [2.45, 2.75) is 31.9 Å². The van der Waals surface area contributed by atoms with Crippen molar-refractivity contribution in [1.29, 1.82) is 0 Å². The van der Waals surface area contributed by atoms with E-state index in [4.69, 9.17) is 9.84 Å². The lowest BCUT2D eigenvalue weighted by Gasteiger charge is -2.28. The molecule has 0 aliphatic carbocycles. The van der Waals surface area contributed by atoms with Crippen LogP contribution in [0, 0.1) is 11.8 Å². The Hall–Kier alpha value is -1.90. The number of amides is 1. The lowest BCUT2D eigenvalue weighted by molar-refractivity contribution is 0.0727. The number of pyridine rings is 1. The molecule has 1 aromatic rings. The van der Waals surface area contributed by atoms with Crippen LogP contribution in [0.25, 0.3) is 0 Å². The Labute approximate surface area is 118 Å². The highest BCUT2D eigenvalue weighted by Gasteiger charge is 2.38. The molecule has 2 unspecified atom stereocenters. The summed E-state index contributed by atoms with van der Waals surface area (Å²) in [5.74, 6) is 5.08. The van der Waals surface area contributed by atoms with Crippen molar-refractivity contribution < 1.29 is 14.6 Å². The Bertz CT molecular complexity index is 562. The number of aliphatic hydroxyl groups is 1. The second-order valence-corrected chi connectivity index (χ2v) is 5.06. The first kappa shape index (κ1) is 14.5. The summed E-state index contributed by atoms with van der Waals surface area (Å²) in [6.07, 6.45) is 3.83.